The van der Waals surface area contributed by atoms with Crippen molar-refractivity contribution in [3.63, 3.8) is 0 Å². The second kappa shape index (κ2) is 5.50. The summed E-state index contributed by atoms with van der Waals surface area (Å²) in [5.41, 5.74) is -1.56. The second-order valence-electron chi connectivity index (χ2n) is 2.55. The molecule has 0 saturated carbocycles. The van der Waals surface area contributed by atoms with E-state index in [1.54, 1.807) is 0 Å². The van der Waals surface area contributed by atoms with Crippen molar-refractivity contribution in [3.05, 3.63) is 34.9 Å². The van der Waals surface area contributed by atoms with Crippen LogP contribution in [0.15, 0.2) is 24.3 Å². The minimum atomic E-state index is -2.63. The summed E-state index contributed by atoms with van der Waals surface area (Å²) in [5, 5.41) is 0.703. The molecular weight excluding hydrogens is 259 g/mol. The molecule has 1 N–H and O–H groups in total. The third-order valence-electron chi connectivity index (χ3n) is 1.54. The molecule has 0 fully saturated rings. The molecule has 2 nitrogen and oxygen atoms in total. The number of hydrogen-bond acceptors (Lipinski definition) is 3. The van der Waals surface area contributed by atoms with Gasteiger partial charge in [-0.2, -0.15) is 0 Å². The summed E-state index contributed by atoms with van der Waals surface area (Å²) in [5.74, 6) is 0.638. The fraction of sp³-hybridized carbons (Fsp3) is 0.250. The Bertz CT molecular complexity index is 342. The standard InChI is InChI=1S/C8H10ClO2PS2/c1-11-12(10,13)14-6-7-2-4-8(9)5-3-7/h2-5H,6H2,1H3,(H,10,13). The van der Waals surface area contributed by atoms with Crippen LogP contribution in [0.1, 0.15) is 5.56 Å². The van der Waals surface area contributed by atoms with Gasteiger partial charge in [0.15, 0.2) is 0 Å². The molecule has 0 aliphatic heterocycles. The first-order chi connectivity index (χ1) is 6.53. The molecule has 1 aromatic rings. The van der Waals surface area contributed by atoms with Crippen LogP contribution in [0, 0.1) is 0 Å². The van der Waals surface area contributed by atoms with Crippen LogP contribution in [0.2, 0.25) is 5.02 Å². The third kappa shape index (κ3) is 4.30. The lowest BCUT2D eigenvalue weighted by Gasteiger charge is -2.11. The zero-order chi connectivity index (χ0) is 10.6. The summed E-state index contributed by atoms with van der Waals surface area (Å²) in [6.45, 7) is 0. The molecule has 0 aliphatic carbocycles. The van der Waals surface area contributed by atoms with Gasteiger partial charge in [-0.1, -0.05) is 35.1 Å². The van der Waals surface area contributed by atoms with Crippen molar-refractivity contribution in [3.8, 4) is 0 Å². The van der Waals surface area contributed by atoms with Crippen molar-refractivity contribution in [1.82, 2.24) is 0 Å². The average Bonchev–Trinajstić information content (AvgIpc) is 2.17. The Balaban J connectivity index is 2.54. The maximum atomic E-state index is 9.48. The first-order valence-electron chi connectivity index (χ1n) is 3.81. The minimum absolute atomic E-state index is 0.638. The predicted molar refractivity (Wildman–Crippen MR) is 66.3 cm³/mol. The Kier molecular flexibility index (Phi) is 4.91. The Morgan fingerprint density at radius 2 is 2.07 bits per heavy atom. The van der Waals surface area contributed by atoms with Gasteiger partial charge in [-0.05, 0) is 29.5 Å². The highest BCUT2D eigenvalue weighted by atomic mass is 35.5. The van der Waals surface area contributed by atoms with Crippen molar-refractivity contribution in [1.29, 1.82) is 0 Å². The van der Waals surface area contributed by atoms with Gasteiger partial charge in [-0.15, -0.1) is 0 Å². The Morgan fingerprint density at radius 1 is 1.50 bits per heavy atom. The quantitative estimate of drug-likeness (QED) is 0.847. The fourth-order valence-electron chi connectivity index (χ4n) is 0.789. The number of rotatable bonds is 4. The van der Waals surface area contributed by atoms with Gasteiger partial charge < -0.3 is 9.42 Å². The zero-order valence-corrected chi connectivity index (χ0v) is 10.8. The summed E-state index contributed by atoms with van der Waals surface area (Å²) in [4.78, 5) is 9.48. The first-order valence-corrected chi connectivity index (χ1v) is 8.45. The smallest absolute Gasteiger partial charge is 0.244 e. The van der Waals surface area contributed by atoms with E-state index in [4.69, 9.17) is 27.9 Å². The molecule has 0 aliphatic rings. The molecule has 0 spiro atoms. The van der Waals surface area contributed by atoms with Crippen LogP contribution in [0.5, 0.6) is 0 Å². The van der Waals surface area contributed by atoms with Crippen LogP contribution in [-0.2, 0) is 22.1 Å². The normalized spacial score (nSPS) is 15.1. The monoisotopic (exact) mass is 268 g/mol. The first kappa shape index (κ1) is 12.5. The van der Waals surface area contributed by atoms with Gasteiger partial charge >= 0.3 is 0 Å². The molecule has 0 heterocycles. The van der Waals surface area contributed by atoms with Gasteiger partial charge in [0, 0.05) is 17.9 Å². The molecular formula is C8H10ClO2PS2. The molecule has 0 amide bonds. The van der Waals surface area contributed by atoms with Crippen LogP contribution in [0.3, 0.4) is 0 Å². The summed E-state index contributed by atoms with van der Waals surface area (Å²) in [7, 11) is 1.43. The van der Waals surface area contributed by atoms with Crippen LogP contribution in [0.4, 0.5) is 0 Å². The van der Waals surface area contributed by atoms with E-state index in [0.717, 1.165) is 5.56 Å². The van der Waals surface area contributed by atoms with Gasteiger partial charge in [0.2, 0.25) is 5.69 Å². The minimum Gasteiger partial charge on any atom is -0.337 e. The van der Waals surface area contributed by atoms with E-state index in [-0.39, 0.29) is 0 Å². The maximum absolute atomic E-state index is 9.48. The molecule has 0 radical (unpaired) electrons. The van der Waals surface area contributed by atoms with E-state index in [1.807, 2.05) is 24.3 Å². The third-order valence-corrected chi connectivity index (χ3v) is 6.25. The number of halogens is 1. The van der Waals surface area contributed by atoms with E-state index < -0.39 is 5.69 Å². The van der Waals surface area contributed by atoms with Crippen molar-refractivity contribution >= 4 is 40.5 Å². The molecule has 0 aromatic heterocycles. The van der Waals surface area contributed by atoms with E-state index in [0.29, 0.717) is 10.8 Å². The predicted octanol–water partition coefficient (Wildman–Crippen LogP) is 3.44. The van der Waals surface area contributed by atoms with Crippen LogP contribution in [0.25, 0.3) is 0 Å². The highest BCUT2D eigenvalue weighted by Gasteiger charge is 2.11. The molecule has 1 aromatic carbocycles. The number of benzene rings is 1. The lowest BCUT2D eigenvalue weighted by atomic mass is 10.2. The molecule has 6 heteroatoms. The van der Waals surface area contributed by atoms with Gasteiger partial charge in [0.25, 0.3) is 0 Å². The van der Waals surface area contributed by atoms with E-state index in [9.17, 15) is 4.89 Å². The molecule has 1 atom stereocenters. The largest absolute Gasteiger partial charge is 0.337 e. The second-order valence-corrected chi connectivity index (χ2v) is 9.27. The van der Waals surface area contributed by atoms with Gasteiger partial charge in [-0.3, -0.25) is 0 Å². The maximum Gasteiger partial charge on any atom is 0.244 e. The molecule has 14 heavy (non-hydrogen) atoms. The van der Waals surface area contributed by atoms with Crippen molar-refractivity contribution < 1.29 is 9.42 Å². The lowest BCUT2D eigenvalue weighted by molar-refractivity contribution is 0.404. The summed E-state index contributed by atoms with van der Waals surface area (Å²) in [6.07, 6.45) is 0. The van der Waals surface area contributed by atoms with Crippen molar-refractivity contribution in [2.75, 3.05) is 7.11 Å². The highest BCUT2D eigenvalue weighted by Crippen LogP contribution is 2.56. The number of hydrogen-bond donors (Lipinski definition) is 1. The van der Waals surface area contributed by atoms with Crippen molar-refractivity contribution in [2.45, 2.75) is 5.75 Å². The summed E-state index contributed by atoms with van der Waals surface area (Å²) < 4.78 is 4.80. The molecule has 0 bridgehead atoms. The molecule has 1 unspecified atom stereocenters. The summed E-state index contributed by atoms with van der Waals surface area (Å²) >= 11 is 11.8. The van der Waals surface area contributed by atoms with Gasteiger partial charge in [0.05, 0.1) is 0 Å². The Labute approximate surface area is 97.5 Å². The average molecular weight is 269 g/mol. The van der Waals surface area contributed by atoms with Crippen LogP contribution < -0.4 is 0 Å². The topological polar surface area (TPSA) is 29.5 Å². The lowest BCUT2D eigenvalue weighted by Crippen LogP contribution is -1.82. The van der Waals surface area contributed by atoms with Gasteiger partial charge in [-0.25, -0.2) is 0 Å². The van der Waals surface area contributed by atoms with Gasteiger partial charge in [0.1, 0.15) is 0 Å². The van der Waals surface area contributed by atoms with E-state index in [2.05, 4.69) is 0 Å². The van der Waals surface area contributed by atoms with Crippen molar-refractivity contribution in [2.24, 2.45) is 0 Å². The SMILES string of the molecule is COP(O)(=S)SCc1ccc(Cl)cc1. The zero-order valence-electron chi connectivity index (χ0n) is 7.51. The molecule has 0 saturated heterocycles. The Hall–Kier alpha value is 0.430. The Morgan fingerprint density at radius 3 is 2.57 bits per heavy atom. The van der Waals surface area contributed by atoms with E-state index in [1.165, 1.54) is 18.5 Å². The van der Waals surface area contributed by atoms with Crippen LogP contribution >= 0.6 is 28.7 Å². The summed E-state index contributed by atoms with van der Waals surface area (Å²) in [6, 6.07) is 7.43. The van der Waals surface area contributed by atoms with Crippen LogP contribution in [-0.4, -0.2) is 12.0 Å². The molecule has 1 rings (SSSR count). The fourth-order valence-corrected chi connectivity index (χ4v) is 3.25. The van der Waals surface area contributed by atoms with E-state index >= 15 is 0 Å². The molecule has 78 valence electrons. The highest BCUT2D eigenvalue weighted by molar-refractivity contribution is 8.67.